The lowest BCUT2D eigenvalue weighted by Gasteiger charge is -2.22. The van der Waals surface area contributed by atoms with Crippen LogP contribution in [0.4, 0.5) is 13.6 Å². The first-order valence-corrected chi connectivity index (χ1v) is 6.64. The van der Waals surface area contributed by atoms with E-state index in [0.717, 1.165) is 19.2 Å². The van der Waals surface area contributed by atoms with Crippen molar-refractivity contribution < 1.29 is 27.8 Å². The van der Waals surface area contributed by atoms with Crippen molar-refractivity contribution in [2.45, 2.75) is 38.8 Å². The smallest absolute Gasteiger partial charge is 0.408 e. The van der Waals surface area contributed by atoms with Crippen molar-refractivity contribution in [1.29, 1.82) is 0 Å². The van der Waals surface area contributed by atoms with Crippen LogP contribution in [0.5, 0.6) is 0 Å². The van der Waals surface area contributed by atoms with Gasteiger partial charge in [-0.1, -0.05) is 6.07 Å². The third kappa shape index (κ3) is 5.31. The molecule has 0 radical (unpaired) electrons. The lowest BCUT2D eigenvalue weighted by molar-refractivity contribution is -0.143. The summed E-state index contributed by atoms with van der Waals surface area (Å²) in [4.78, 5) is 23.4. The Morgan fingerprint density at radius 2 is 1.77 bits per heavy atom. The minimum absolute atomic E-state index is 0.311. The fraction of sp³-hybridized carbons (Fsp3) is 0.467. The summed E-state index contributed by atoms with van der Waals surface area (Å²) in [6.07, 6.45) is -1.26. The van der Waals surface area contributed by atoms with Gasteiger partial charge < -0.3 is 14.8 Å². The van der Waals surface area contributed by atoms with Crippen LogP contribution >= 0.6 is 0 Å². The first-order chi connectivity index (χ1) is 10.1. The topological polar surface area (TPSA) is 64.6 Å². The van der Waals surface area contributed by atoms with E-state index in [1.807, 2.05) is 0 Å². The summed E-state index contributed by atoms with van der Waals surface area (Å²) in [5.41, 5.74) is -1.08. The van der Waals surface area contributed by atoms with Gasteiger partial charge in [-0.3, -0.25) is 0 Å². The molecule has 1 amide bonds. The normalized spacial score (nSPS) is 12.5. The van der Waals surface area contributed by atoms with Crippen LogP contribution in [0.3, 0.4) is 0 Å². The monoisotopic (exact) mass is 315 g/mol. The van der Waals surface area contributed by atoms with Gasteiger partial charge >= 0.3 is 12.1 Å². The van der Waals surface area contributed by atoms with Crippen LogP contribution in [-0.2, 0) is 20.7 Å². The molecule has 122 valence electrons. The predicted molar refractivity (Wildman–Crippen MR) is 75.2 cm³/mol. The van der Waals surface area contributed by atoms with Crippen LogP contribution in [0, 0.1) is 11.6 Å². The average Bonchev–Trinajstić information content (AvgIpc) is 2.38. The first-order valence-electron chi connectivity index (χ1n) is 6.64. The van der Waals surface area contributed by atoms with Gasteiger partial charge in [0, 0.05) is 12.0 Å². The minimum Gasteiger partial charge on any atom is -0.467 e. The number of rotatable bonds is 4. The average molecular weight is 315 g/mol. The number of esters is 1. The molecule has 0 aliphatic carbocycles. The molecule has 0 fully saturated rings. The molecule has 0 aromatic heterocycles. The maximum absolute atomic E-state index is 13.7. The highest BCUT2D eigenvalue weighted by atomic mass is 19.1. The fourth-order valence-electron chi connectivity index (χ4n) is 1.72. The Bertz CT molecular complexity index is 535. The molecule has 0 spiro atoms. The lowest BCUT2D eigenvalue weighted by Crippen LogP contribution is -2.45. The van der Waals surface area contributed by atoms with Gasteiger partial charge in [0.15, 0.2) is 0 Å². The molecule has 1 rings (SSSR count). The second-order valence-electron chi connectivity index (χ2n) is 5.63. The van der Waals surface area contributed by atoms with Gasteiger partial charge in [-0.2, -0.15) is 0 Å². The van der Waals surface area contributed by atoms with Crippen molar-refractivity contribution in [2.24, 2.45) is 0 Å². The Morgan fingerprint density at radius 1 is 1.23 bits per heavy atom. The quantitative estimate of drug-likeness (QED) is 0.867. The summed E-state index contributed by atoms with van der Waals surface area (Å²) in [6.45, 7) is 4.95. The van der Waals surface area contributed by atoms with E-state index in [1.54, 1.807) is 20.8 Å². The van der Waals surface area contributed by atoms with Gasteiger partial charge in [-0.25, -0.2) is 18.4 Å². The standard InChI is InChI=1S/C15H19F2NO4/c1-15(2,3)22-14(20)18-12(13(19)21-4)8-9-10(16)6-5-7-11(9)17/h5-7,12H,8H2,1-4H3,(H,18,20). The van der Waals surface area contributed by atoms with Crippen molar-refractivity contribution in [3.63, 3.8) is 0 Å². The molecule has 1 unspecified atom stereocenters. The third-order valence-corrected chi connectivity index (χ3v) is 2.65. The Hall–Kier alpha value is -2.18. The number of halogens is 2. The molecule has 0 aliphatic heterocycles. The Morgan fingerprint density at radius 3 is 2.23 bits per heavy atom. The highest BCUT2D eigenvalue weighted by molar-refractivity contribution is 5.81. The molecule has 0 bridgehead atoms. The Labute approximate surface area is 127 Å². The predicted octanol–water partition coefficient (Wildman–Crippen LogP) is 2.57. The molecule has 1 aromatic rings. The summed E-state index contributed by atoms with van der Waals surface area (Å²) >= 11 is 0. The molecule has 0 aliphatic rings. The van der Waals surface area contributed by atoms with Crippen LogP contribution < -0.4 is 5.32 Å². The maximum atomic E-state index is 13.7. The summed E-state index contributed by atoms with van der Waals surface area (Å²) < 4.78 is 36.9. The van der Waals surface area contributed by atoms with Crippen LogP contribution in [0.2, 0.25) is 0 Å². The number of hydrogen-bond acceptors (Lipinski definition) is 4. The van der Waals surface area contributed by atoms with Gasteiger partial charge in [-0.05, 0) is 32.9 Å². The van der Waals surface area contributed by atoms with Gasteiger partial charge in [-0.15, -0.1) is 0 Å². The summed E-state index contributed by atoms with van der Waals surface area (Å²) in [6, 6.07) is 2.09. The van der Waals surface area contributed by atoms with E-state index in [4.69, 9.17) is 4.74 Å². The number of alkyl carbamates (subject to hydrolysis) is 1. The molecule has 0 heterocycles. The van der Waals surface area contributed by atoms with Crippen molar-refractivity contribution in [3.05, 3.63) is 35.4 Å². The van der Waals surface area contributed by atoms with Gasteiger partial charge in [0.1, 0.15) is 23.3 Å². The third-order valence-electron chi connectivity index (χ3n) is 2.65. The van der Waals surface area contributed by atoms with E-state index in [-0.39, 0.29) is 12.0 Å². The lowest BCUT2D eigenvalue weighted by atomic mass is 10.0. The summed E-state index contributed by atoms with van der Waals surface area (Å²) in [7, 11) is 1.11. The number of hydrogen-bond donors (Lipinski definition) is 1. The van der Waals surface area contributed by atoms with Crippen LogP contribution in [0.1, 0.15) is 26.3 Å². The van der Waals surface area contributed by atoms with E-state index in [9.17, 15) is 18.4 Å². The molecule has 0 saturated heterocycles. The molecular formula is C15H19F2NO4. The molecule has 5 nitrogen and oxygen atoms in total. The molecule has 7 heteroatoms. The number of nitrogens with one attached hydrogen (secondary N) is 1. The van der Waals surface area contributed by atoms with Crippen LogP contribution in [0.25, 0.3) is 0 Å². The van der Waals surface area contributed by atoms with E-state index >= 15 is 0 Å². The Balaban J connectivity index is 2.90. The van der Waals surface area contributed by atoms with E-state index in [0.29, 0.717) is 0 Å². The van der Waals surface area contributed by atoms with Gasteiger partial charge in [0.05, 0.1) is 7.11 Å². The fourth-order valence-corrected chi connectivity index (χ4v) is 1.72. The number of carbonyl (C=O) groups excluding carboxylic acids is 2. The Kier molecular flexibility index (Phi) is 5.84. The molecular weight excluding hydrogens is 296 g/mol. The number of methoxy groups -OCH3 is 1. The highest BCUT2D eigenvalue weighted by Gasteiger charge is 2.27. The van der Waals surface area contributed by atoms with Crippen molar-refractivity contribution in [3.8, 4) is 0 Å². The van der Waals surface area contributed by atoms with Gasteiger partial charge in [0.25, 0.3) is 0 Å². The SMILES string of the molecule is COC(=O)C(Cc1c(F)cccc1F)NC(=O)OC(C)(C)C. The van der Waals surface area contributed by atoms with Crippen molar-refractivity contribution in [1.82, 2.24) is 5.32 Å². The summed E-state index contributed by atoms with van der Waals surface area (Å²) in [5, 5.41) is 2.26. The number of amides is 1. The molecule has 22 heavy (non-hydrogen) atoms. The second-order valence-corrected chi connectivity index (χ2v) is 5.63. The number of carbonyl (C=O) groups is 2. The second kappa shape index (κ2) is 7.20. The van der Waals surface area contributed by atoms with E-state index in [2.05, 4.69) is 10.1 Å². The zero-order chi connectivity index (χ0) is 16.9. The largest absolute Gasteiger partial charge is 0.467 e. The van der Waals surface area contributed by atoms with E-state index < -0.39 is 35.3 Å². The maximum Gasteiger partial charge on any atom is 0.408 e. The molecule has 0 saturated carbocycles. The minimum atomic E-state index is -1.26. The van der Waals surface area contributed by atoms with Gasteiger partial charge in [0.2, 0.25) is 0 Å². The zero-order valence-corrected chi connectivity index (χ0v) is 12.9. The van der Waals surface area contributed by atoms with Crippen molar-refractivity contribution in [2.75, 3.05) is 7.11 Å². The van der Waals surface area contributed by atoms with Crippen LogP contribution in [0.15, 0.2) is 18.2 Å². The highest BCUT2D eigenvalue weighted by Crippen LogP contribution is 2.15. The first kappa shape index (κ1) is 17.9. The van der Waals surface area contributed by atoms with Crippen LogP contribution in [-0.4, -0.2) is 30.8 Å². The number of benzene rings is 1. The van der Waals surface area contributed by atoms with Crippen molar-refractivity contribution >= 4 is 12.1 Å². The molecule has 1 atom stereocenters. The van der Waals surface area contributed by atoms with E-state index in [1.165, 1.54) is 6.07 Å². The molecule has 1 aromatic carbocycles. The zero-order valence-electron chi connectivity index (χ0n) is 12.9. The molecule has 1 N–H and O–H groups in total. The number of ether oxygens (including phenoxy) is 2. The summed E-state index contributed by atoms with van der Waals surface area (Å²) in [5.74, 6) is -2.44.